The van der Waals surface area contributed by atoms with Gasteiger partial charge in [0.05, 0.1) is 40.5 Å². The minimum absolute atomic E-state index is 0.0727. The van der Waals surface area contributed by atoms with Gasteiger partial charge in [0.1, 0.15) is 0 Å². The van der Waals surface area contributed by atoms with Gasteiger partial charge in [-0.3, -0.25) is 9.48 Å². The molecule has 2 aromatic rings. The highest BCUT2D eigenvalue weighted by Gasteiger charge is 2.33. The molecule has 0 N–H and O–H groups in total. The zero-order valence-electron chi connectivity index (χ0n) is 18.6. The first-order valence-corrected chi connectivity index (χ1v) is 13.0. The van der Waals surface area contributed by atoms with Crippen molar-refractivity contribution >= 4 is 21.4 Å². The molecule has 2 unspecified atom stereocenters. The predicted molar refractivity (Wildman–Crippen MR) is 122 cm³/mol. The summed E-state index contributed by atoms with van der Waals surface area (Å²) in [5.74, 6) is 0.526. The number of carbonyl (C=O) groups is 1. The number of aromatic nitrogens is 2. The van der Waals surface area contributed by atoms with Gasteiger partial charge in [0, 0.05) is 26.2 Å². The van der Waals surface area contributed by atoms with E-state index in [0.29, 0.717) is 19.5 Å². The van der Waals surface area contributed by atoms with Crippen molar-refractivity contribution < 1.29 is 13.2 Å². The highest BCUT2D eigenvalue weighted by molar-refractivity contribution is 7.91. The third-order valence-corrected chi connectivity index (χ3v) is 8.41. The van der Waals surface area contributed by atoms with Crippen LogP contribution in [0.25, 0.3) is 0 Å². The number of aryl methyl sites for hydroxylation is 1. The van der Waals surface area contributed by atoms with E-state index in [2.05, 4.69) is 11.8 Å². The molecule has 0 spiro atoms. The quantitative estimate of drug-likeness (QED) is 0.709. The number of rotatable bonds is 5. The summed E-state index contributed by atoms with van der Waals surface area (Å²) in [6.45, 7) is 8.97. The lowest BCUT2D eigenvalue weighted by atomic mass is 9.95. The highest BCUT2D eigenvalue weighted by atomic mass is 32.2. The van der Waals surface area contributed by atoms with E-state index in [-0.39, 0.29) is 29.4 Å². The predicted octanol–water partition coefficient (Wildman–Crippen LogP) is 2.70. The Kier molecular flexibility index (Phi) is 6.10. The molecule has 2 atom stereocenters. The Labute approximate surface area is 184 Å². The number of nitrogens with zero attached hydrogens (tertiary/aromatic N) is 4. The Bertz CT molecular complexity index is 1040. The fourth-order valence-electron chi connectivity index (χ4n) is 5.04. The van der Waals surface area contributed by atoms with Gasteiger partial charge in [-0.15, -0.1) is 0 Å². The second kappa shape index (κ2) is 8.65. The molecule has 168 valence electrons. The van der Waals surface area contributed by atoms with E-state index in [1.165, 1.54) is 0 Å². The molecule has 2 aliphatic heterocycles. The molecule has 31 heavy (non-hydrogen) atoms. The van der Waals surface area contributed by atoms with Crippen molar-refractivity contribution in [2.75, 3.05) is 42.6 Å². The van der Waals surface area contributed by atoms with Crippen LogP contribution >= 0.6 is 0 Å². The van der Waals surface area contributed by atoms with Gasteiger partial charge >= 0.3 is 0 Å². The molecule has 2 saturated heterocycles. The van der Waals surface area contributed by atoms with Crippen LogP contribution in [0.4, 0.5) is 5.69 Å². The minimum Gasteiger partial charge on any atom is -0.365 e. The summed E-state index contributed by atoms with van der Waals surface area (Å²) in [5.41, 5.74) is 4.12. The number of hydrogen-bond acceptors (Lipinski definition) is 5. The normalized spacial score (nSPS) is 22.0. The molecule has 0 radical (unpaired) electrons. The number of anilines is 1. The Morgan fingerprint density at radius 2 is 1.81 bits per heavy atom. The van der Waals surface area contributed by atoms with Crippen LogP contribution in [0.15, 0.2) is 30.3 Å². The zero-order valence-corrected chi connectivity index (χ0v) is 19.4. The van der Waals surface area contributed by atoms with Crippen molar-refractivity contribution in [3.8, 4) is 0 Å². The summed E-state index contributed by atoms with van der Waals surface area (Å²) in [6, 6.07) is 9.95. The van der Waals surface area contributed by atoms with E-state index in [4.69, 9.17) is 5.10 Å². The third kappa shape index (κ3) is 4.35. The first kappa shape index (κ1) is 21.9. The Balaban J connectivity index is 1.45. The first-order valence-electron chi connectivity index (χ1n) is 11.2. The van der Waals surface area contributed by atoms with Crippen LogP contribution in [-0.2, 0) is 14.6 Å². The number of carbonyl (C=O) groups excluding carboxylic acids is 1. The molecule has 1 aromatic carbocycles. The van der Waals surface area contributed by atoms with Gasteiger partial charge in [0.15, 0.2) is 9.84 Å². The molecule has 0 saturated carbocycles. The molecule has 1 amide bonds. The molecule has 2 fully saturated rings. The van der Waals surface area contributed by atoms with E-state index in [1.807, 2.05) is 53.8 Å². The number of hydrogen-bond donors (Lipinski definition) is 0. The average Bonchev–Trinajstić information content (AvgIpc) is 3.27. The second-order valence-corrected chi connectivity index (χ2v) is 10.9. The van der Waals surface area contributed by atoms with E-state index in [0.717, 1.165) is 42.1 Å². The minimum atomic E-state index is -2.96. The van der Waals surface area contributed by atoms with Crippen molar-refractivity contribution in [3.63, 3.8) is 0 Å². The number of benzene rings is 1. The highest BCUT2D eigenvalue weighted by Crippen LogP contribution is 2.32. The van der Waals surface area contributed by atoms with Gasteiger partial charge in [-0.2, -0.15) is 5.10 Å². The molecule has 3 heterocycles. The summed E-state index contributed by atoms with van der Waals surface area (Å²) in [5, 5.41) is 4.70. The molecule has 8 heteroatoms. The van der Waals surface area contributed by atoms with Crippen LogP contribution in [0.1, 0.15) is 48.7 Å². The fourth-order valence-corrected chi connectivity index (χ4v) is 6.74. The smallest absolute Gasteiger partial charge is 0.230 e. The third-order valence-electron chi connectivity index (χ3n) is 6.66. The van der Waals surface area contributed by atoms with E-state index < -0.39 is 9.84 Å². The molecule has 1 aromatic heterocycles. The fraction of sp³-hybridized carbons (Fsp3) is 0.565. The van der Waals surface area contributed by atoms with Gasteiger partial charge in [0.2, 0.25) is 5.91 Å². The maximum absolute atomic E-state index is 13.2. The second-order valence-electron chi connectivity index (χ2n) is 8.70. The lowest BCUT2D eigenvalue weighted by Gasteiger charge is -2.37. The molecule has 7 nitrogen and oxygen atoms in total. The average molecular weight is 445 g/mol. The van der Waals surface area contributed by atoms with Crippen LogP contribution in [0.2, 0.25) is 0 Å². The van der Waals surface area contributed by atoms with Crippen LogP contribution in [0.3, 0.4) is 0 Å². The van der Waals surface area contributed by atoms with Crippen LogP contribution in [-0.4, -0.2) is 66.7 Å². The van der Waals surface area contributed by atoms with Gasteiger partial charge in [-0.05, 0) is 32.3 Å². The number of sulfone groups is 1. The molecule has 0 aliphatic carbocycles. The Hall–Kier alpha value is -2.35. The van der Waals surface area contributed by atoms with E-state index >= 15 is 0 Å². The van der Waals surface area contributed by atoms with Crippen LogP contribution < -0.4 is 4.90 Å². The molecule has 4 rings (SSSR count). The van der Waals surface area contributed by atoms with Crippen LogP contribution in [0, 0.1) is 13.8 Å². The zero-order chi connectivity index (χ0) is 22.2. The molecular formula is C23H32N4O3S. The molecular weight excluding hydrogens is 412 g/mol. The van der Waals surface area contributed by atoms with E-state index in [1.54, 1.807) is 0 Å². The summed E-state index contributed by atoms with van der Waals surface area (Å²) in [6.07, 6.45) is 1.42. The Morgan fingerprint density at radius 3 is 2.39 bits per heavy atom. The maximum atomic E-state index is 13.2. The summed E-state index contributed by atoms with van der Waals surface area (Å²) in [7, 11) is -2.96. The lowest BCUT2D eigenvalue weighted by molar-refractivity contribution is -0.133. The summed E-state index contributed by atoms with van der Waals surface area (Å²) >= 11 is 0. The molecule has 2 aliphatic rings. The lowest BCUT2D eigenvalue weighted by Crippen LogP contribution is -2.50. The first-order chi connectivity index (χ1) is 14.8. The maximum Gasteiger partial charge on any atom is 0.230 e. The Morgan fingerprint density at radius 1 is 1.13 bits per heavy atom. The van der Waals surface area contributed by atoms with Gasteiger partial charge in [0.25, 0.3) is 0 Å². The monoisotopic (exact) mass is 444 g/mol. The van der Waals surface area contributed by atoms with Crippen molar-refractivity contribution in [1.29, 1.82) is 0 Å². The van der Waals surface area contributed by atoms with Gasteiger partial charge in [-0.1, -0.05) is 37.3 Å². The summed E-state index contributed by atoms with van der Waals surface area (Å²) < 4.78 is 25.7. The van der Waals surface area contributed by atoms with Gasteiger partial charge in [-0.25, -0.2) is 8.42 Å². The summed E-state index contributed by atoms with van der Waals surface area (Å²) in [4.78, 5) is 17.5. The largest absolute Gasteiger partial charge is 0.365 e. The van der Waals surface area contributed by atoms with Crippen LogP contribution in [0.5, 0.6) is 0 Å². The standard InChI is InChI=1S/C23H32N4O3S/c1-4-21(19-8-6-5-7-9-19)23(28)26-13-11-25(12-14-26)22-17(2)24-27(18(22)3)20-10-15-31(29,30)16-20/h5-9,20-21H,4,10-16H2,1-3H3. The topological polar surface area (TPSA) is 75.5 Å². The molecule has 0 bridgehead atoms. The van der Waals surface area contributed by atoms with E-state index in [9.17, 15) is 13.2 Å². The van der Waals surface area contributed by atoms with Gasteiger partial charge < -0.3 is 9.80 Å². The van der Waals surface area contributed by atoms with Crippen molar-refractivity contribution in [3.05, 3.63) is 47.3 Å². The number of amides is 1. The van der Waals surface area contributed by atoms with Crippen molar-refractivity contribution in [2.45, 2.75) is 45.6 Å². The SMILES string of the molecule is CCC(C(=O)N1CCN(c2c(C)nn(C3CCS(=O)(=O)C3)c2C)CC1)c1ccccc1. The van der Waals surface area contributed by atoms with Crippen molar-refractivity contribution in [1.82, 2.24) is 14.7 Å². The van der Waals surface area contributed by atoms with Crippen molar-refractivity contribution in [2.24, 2.45) is 0 Å². The number of piperazine rings is 1.